The Balaban J connectivity index is 1.82. The van der Waals surface area contributed by atoms with E-state index in [1.165, 1.54) is 0 Å². The minimum Gasteiger partial charge on any atom is -0.488 e. The molecular weight excluding hydrogens is 314 g/mol. The zero-order valence-electron chi connectivity index (χ0n) is 13.1. The lowest BCUT2D eigenvalue weighted by Crippen LogP contribution is -2.27. The molecule has 3 N–H and O–H groups in total. The normalized spacial score (nSPS) is 12.0. The first kappa shape index (κ1) is 17.9. The van der Waals surface area contributed by atoms with Gasteiger partial charge in [-0.25, -0.2) is 8.78 Å². The van der Waals surface area contributed by atoms with Gasteiger partial charge in [-0.2, -0.15) is 0 Å². The third-order valence-corrected chi connectivity index (χ3v) is 3.40. The van der Waals surface area contributed by atoms with E-state index in [9.17, 15) is 13.6 Å². The van der Waals surface area contributed by atoms with Crippen molar-refractivity contribution >= 4 is 5.91 Å². The summed E-state index contributed by atoms with van der Waals surface area (Å²) < 4.78 is 29.2. The van der Waals surface area contributed by atoms with Crippen molar-refractivity contribution in [1.82, 2.24) is 5.32 Å². The first-order chi connectivity index (χ1) is 11.5. The van der Waals surface area contributed by atoms with Crippen molar-refractivity contribution in [2.24, 2.45) is 5.73 Å². The van der Waals surface area contributed by atoms with Crippen molar-refractivity contribution < 1.29 is 18.3 Å². The number of benzene rings is 2. The van der Waals surface area contributed by atoms with Gasteiger partial charge < -0.3 is 15.8 Å². The van der Waals surface area contributed by atoms with Gasteiger partial charge >= 0.3 is 0 Å². The predicted octanol–water partition coefficient (Wildman–Crippen LogP) is 3.04. The van der Waals surface area contributed by atoms with Crippen LogP contribution in [0.5, 0.6) is 5.75 Å². The molecule has 2 rings (SSSR count). The van der Waals surface area contributed by atoms with Crippen molar-refractivity contribution in [3.05, 3.63) is 65.7 Å². The molecule has 0 heterocycles. The van der Waals surface area contributed by atoms with Crippen molar-refractivity contribution in [1.29, 1.82) is 0 Å². The van der Waals surface area contributed by atoms with Gasteiger partial charge in [0.25, 0.3) is 6.43 Å². The molecule has 6 heteroatoms. The summed E-state index contributed by atoms with van der Waals surface area (Å²) in [5, 5.41) is 2.77. The number of rotatable bonds is 8. The highest BCUT2D eigenvalue weighted by Crippen LogP contribution is 2.15. The van der Waals surface area contributed by atoms with Gasteiger partial charge in [-0.15, -0.1) is 0 Å². The fourth-order valence-corrected chi connectivity index (χ4v) is 2.20. The van der Waals surface area contributed by atoms with Gasteiger partial charge in [0.2, 0.25) is 5.91 Å². The highest BCUT2D eigenvalue weighted by molar-refractivity contribution is 5.76. The maximum absolute atomic E-state index is 12.1. The van der Waals surface area contributed by atoms with Gasteiger partial charge in [0.15, 0.2) is 0 Å². The summed E-state index contributed by atoms with van der Waals surface area (Å²) >= 11 is 0. The molecule has 0 saturated heterocycles. The van der Waals surface area contributed by atoms with E-state index in [0.29, 0.717) is 5.75 Å². The Hall–Kier alpha value is -2.47. The number of amides is 1. The lowest BCUT2D eigenvalue weighted by molar-refractivity contribution is -0.121. The number of hydrogen-bond donors (Lipinski definition) is 2. The number of carbonyl (C=O) groups is 1. The van der Waals surface area contributed by atoms with Gasteiger partial charge in [0.05, 0.1) is 0 Å². The smallest absolute Gasteiger partial charge is 0.272 e. The summed E-state index contributed by atoms with van der Waals surface area (Å²) in [6, 6.07) is 15.7. The largest absolute Gasteiger partial charge is 0.488 e. The number of ether oxygens (including phenoxy) is 1. The minimum atomic E-state index is -2.52. The topological polar surface area (TPSA) is 64.4 Å². The molecule has 1 unspecified atom stereocenters. The zero-order valence-corrected chi connectivity index (χ0v) is 13.1. The molecule has 0 aromatic heterocycles. The molecule has 2 aromatic rings. The van der Waals surface area contributed by atoms with E-state index in [-0.39, 0.29) is 24.9 Å². The Morgan fingerprint density at radius 3 is 2.58 bits per heavy atom. The van der Waals surface area contributed by atoms with Crippen LogP contribution in [-0.2, 0) is 11.3 Å². The molecule has 128 valence electrons. The van der Waals surface area contributed by atoms with E-state index in [1.54, 1.807) is 24.3 Å². The van der Waals surface area contributed by atoms with Crippen LogP contribution in [0.4, 0.5) is 8.78 Å². The van der Waals surface area contributed by atoms with Crippen LogP contribution in [0.25, 0.3) is 0 Å². The molecule has 1 atom stereocenters. The summed E-state index contributed by atoms with van der Waals surface area (Å²) in [6.07, 6.45) is -2.35. The molecule has 0 aliphatic rings. The van der Waals surface area contributed by atoms with Crippen LogP contribution in [0, 0.1) is 0 Å². The van der Waals surface area contributed by atoms with E-state index < -0.39 is 13.0 Å². The number of nitrogens with one attached hydrogen (secondary N) is 1. The zero-order chi connectivity index (χ0) is 17.4. The van der Waals surface area contributed by atoms with E-state index >= 15 is 0 Å². The SMILES string of the molecule is NC(CC(=O)NCc1cccc(OCC(F)F)c1)c1ccccc1. The first-order valence-corrected chi connectivity index (χ1v) is 7.61. The second kappa shape index (κ2) is 8.98. The van der Waals surface area contributed by atoms with E-state index in [1.807, 2.05) is 30.3 Å². The maximum Gasteiger partial charge on any atom is 0.272 e. The van der Waals surface area contributed by atoms with Gasteiger partial charge in [-0.1, -0.05) is 42.5 Å². The standard InChI is InChI=1S/C18H20F2N2O2/c19-17(20)12-24-15-8-4-5-13(9-15)11-22-18(23)10-16(21)14-6-2-1-3-7-14/h1-9,16-17H,10-12,21H2,(H,22,23). The van der Waals surface area contributed by atoms with Crippen LogP contribution in [0.2, 0.25) is 0 Å². The molecule has 4 nitrogen and oxygen atoms in total. The van der Waals surface area contributed by atoms with Crippen molar-refractivity contribution in [3.8, 4) is 5.75 Å². The molecule has 0 saturated carbocycles. The molecule has 0 aliphatic heterocycles. The molecule has 0 bridgehead atoms. The highest BCUT2D eigenvalue weighted by atomic mass is 19.3. The Morgan fingerprint density at radius 2 is 1.88 bits per heavy atom. The average Bonchev–Trinajstić information content (AvgIpc) is 2.59. The van der Waals surface area contributed by atoms with Crippen LogP contribution in [0.3, 0.4) is 0 Å². The molecular formula is C18H20F2N2O2. The van der Waals surface area contributed by atoms with Crippen LogP contribution >= 0.6 is 0 Å². The summed E-state index contributed by atoms with van der Waals surface area (Å²) in [5.41, 5.74) is 7.67. The first-order valence-electron chi connectivity index (χ1n) is 7.61. The number of hydrogen-bond acceptors (Lipinski definition) is 3. The predicted molar refractivity (Wildman–Crippen MR) is 87.8 cm³/mol. The van der Waals surface area contributed by atoms with Crippen LogP contribution < -0.4 is 15.8 Å². The minimum absolute atomic E-state index is 0.172. The van der Waals surface area contributed by atoms with Gasteiger partial charge in [-0.05, 0) is 23.3 Å². The monoisotopic (exact) mass is 334 g/mol. The number of carbonyl (C=O) groups excluding carboxylic acids is 1. The van der Waals surface area contributed by atoms with Crippen molar-refractivity contribution in [2.75, 3.05) is 6.61 Å². The molecule has 1 amide bonds. The van der Waals surface area contributed by atoms with Crippen LogP contribution in [-0.4, -0.2) is 18.9 Å². The van der Waals surface area contributed by atoms with E-state index in [2.05, 4.69) is 5.32 Å². The lowest BCUT2D eigenvalue weighted by Gasteiger charge is -2.12. The highest BCUT2D eigenvalue weighted by Gasteiger charge is 2.11. The fourth-order valence-electron chi connectivity index (χ4n) is 2.20. The Labute approximate surface area is 139 Å². The van der Waals surface area contributed by atoms with Gasteiger partial charge in [-0.3, -0.25) is 4.79 Å². The second-order valence-corrected chi connectivity index (χ2v) is 5.35. The Morgan fingerprint density at radius 1 is 1.12 bits per heavy atom. The number of halogens is 2. The summed E-state index contributed by atoms with van der Waals surface area (Å²) in [5.74, 6) is 0.174. The molecule has 0 radical (unpaired) electrons. The third kappa shape index (κ3) is 5.96. The molecule has 0 spiro atoms. The molecule has 24 heavy (non-hydrogen) atoms. The van der Waals surface area contributed by atoms with Gasteiger partial charge in [0, 0.05) is 19.0 Å². The number of alkyl halides is 2. The molecule has 0 fully saturated rings. The quantitative estimate of drug-likeness (QED) is 0.780. The number of nitrogens with two attached hydrogens (primary N) is 1. The third-order valence-electron chi connectivity index (χ3n) is 3.40. The summed E-state index contributed by atoms with van der Waals surface area (Å²) in [4.78, 5) is 12.0. The van der Waals surface area contributed by atoms with Crippen molar-refractivity contribution in [3.63, 3.8) is 0 Å². The van der Waals surface area contributed by atoms with Crippen molar-refractivity contribution in [2.45, 2.75) is 25.4 Å². The summed E-state index contributed by atoms with van der Waals surface area (Å²) in [7, 11) is 0. The van der Waals surface area contributed by atoms with E-state index in [4.69, 9.17) is 10.5 Å². The maximum atomic E-state index is 12.1. The van der Waals surface area contributed by atoms with Crippen LogP contribution in [0.1, 0.15) is 23.6 Å². The lowest BCUT2D eigenvalue weighted by atomic mass is 10.0. The summed E-state index contributed by atoms with van der Waals surface area (Å²) in [6.45, 7) is -0.367. The van der Waals surface area contributed by atoms with E-state index in [0.717, 1.165) is 11.1 Å². The van der Waals surface area contributed by atoms with Crippen LogP contribution in [0.15, 0.2) is 54.6 Å². The average molecular weight is 334 g/mol. The molecule has 0 aliphatic carbocycles. The van der Waals surface area contributed by atoms with Gasteiger partial charge in [0.1, 0.15) is 12.4 Å². The fraction of sp³-hybridized carbons (Fsp3) is 0.278. The molecule has 2 aromatic carbocycles. The Bertz CT molecular complexity index is 650. The second-order valence-electron chi connectivity index (χ2n) is 5.35. The Kier molecular flexibility index (Phi) is 6.69.